The molecule has 1 saturated heterocycles. The zero-order valence-corrected chi connectivity index (χ0v) is 15.3. The largest absolute Gasteiger partial charge is 0.353 e. The number of anilines is 1. The third-order valence-corrected chi connectivity index (χ3v) is 5.18. The molecule has 25 heavy (non-hydrogen) atoms. The summed E-state index contributed by atoms with van der Waals surface area (Å²) in [6.45, 7) is 7.94. The summed E-state index contributed by atoms with van der Waals surface area (Å²) >= 11 is 6.26. The molecule has 0 radical (unpaired) electrons. The van der Waals surface area contributed by atoms with Gasteiger partial charge in [0.05, 0.1) is 5.69 Å². The van der Waals surface area contributed by atoms with Gasteiger partial charge in [-0.15, -0.1) is 0 Å². The summed E-state index contributed by atoms with van der Waals surface area (Å²) in [7, 11) is 0. The topological polar surface area (TPSA) is 44.3 Å². The molecule has 2 aliphatic heterocycles. The number of piperazine rings is 1. The highest BCUT2D eigenvalue weighted by Crippen LogP contribution is 2.29. The molecular weight excluding hydrogens is 334 g/mol. The van der Waals surface area contributed by atoms with E-state index in [9.17, 15) is 0 Å². The van der Waals surface area contributed by atoms with E-state index in [4.69, 9.17) is 11.6 Å². The van der Waals surface area contributed by atoms with Crippen molar-refractivity contribution in [2.75, 3.05) is 31.1 Å². The molecule has 1 aromatic heterocycles. The van der Waals surface area contributed by atoms with Crippen molar-refractivity contribution in [3.05, 3.63) is 52.4 Å². The Morgan fingerprint density at radius 3 is 2.84 bits per heavy atom. The zero-order chi connectivity index (χ0) is 17.2. The van der Waals surface area contributed by atoms with Gasteiger partial charge in [-0.3, -0.25) is 4.90 Å². The second-order valence-electron chi connectivity index (χ2n) is 6.99. The first-order valence-electron chi connectivity index (χ1n) is 8.99. The summed E-state index contributed by atoms with van der Waals surface area (Å²) in [6, 6.07) is 11.1. The van der Waals surface area contributed by atoms with Crippen LogP contribution in [0.2, 0.25) is 5.28 Å². The van der Waals surface area contributed by atoms with E-state index in [1.165, 1.54) is 11.1 Å². The fourth-order valence-electron chi connectivity index (χ4n) is 3.80. The molecule has 1 unspecified atom stereocenters. The van der Waals surface area contributed by atoms with Gasteiger partial charge < -0.3 is 10.2 Å². The fraction of sp³-hybridized carbons (Fsp3) is 0.474. The van der Waals surface area contributed by atoms with Gasteiger partial charge in [0, 0.05) is 50.9 Å². The van der Waals surface area contributed by atoms with E-state index in [0.717, 1.165) is 57.2 Å². The number of nitrogens with zero attached hydrogens (tertiary/aromatic N) is 4. The van der Waals surface area contributed by atoms with E-state index >= 15 is 0 Å². The van der Waals surface area contributed by atoms with Gasteiger partial charge in [0.15, 0.2) is 0 Å². The van der Waals surface area contributed by atoms with Crippen molar-refractivity contribution >= 4 is 17.4 Å². The molecule has 0 spiro atoms. The average Bonchev–Trinajstić information content (AvgIpc) is 2.61. The summed E-state index contributed by atoms with van der Waals surface area (Å²) < 4.78 is 0. The van der Waals surface area contributed by atoms with Gasteiger partial charge in [-0.25, -0.2) is 9.97 Å². The summed E-state index contributed by atoms with van der Waals surface area (Å²) in [5.74, 6) is 1.04. The van der Waals surface area contributed by atoms with Crippen molar-refractivity contribution in [3.63, 3.8) is 0 Å². The van der Waals surface area contributed by atoms with Crippen LogP contribution in [0.25, 0.3) is 0 Å². The molecule has 0 bridgehead atoms. The standard InChI is InChI=1S/C19H24ClN5/c1-14-11-25(10-8-21-14)18-16-7-9-24(12-15-5-3-2-4-6-15)13-17(16)22-19(20)23-18/h2-6,14,21H,7-13H2,1H3. The Morgan fingerprint density at radius 2 is 2.04 bits per heavy atom. The third kappa shape index (κ3) is 3.78. The second-order valence-corrected chi connectivity index (χ2v) is 7.33. The molecule has 3 heterocycles. The highest BCUT2D eigenvalue weighted by Gasteiger charge is 2.26. The normalized spacial score (nSPS) is 21.2. The number of hydrogen-bond acceptors (Lipinski definition) is 5. The van der Waals surface area contributed by atoms with Gasteiger partial charge in [0.25, 0.3) is 0 Å². The van der Waals surface area contributed by atoms with Crippen LogP contribution < -0.4 is 10.2 Å². The maximum absolute atomic E-state index is 6.26. The van der Waals surface area contributed by atoms with Gasteiger partial charge in [0.1, 0.15) is 5.82 Å². The predicted octanol–water partition coefficient (Wildman–Crippen LogP) is 2.49. The van der Waals surface area contributed by atoms with Gasteiger partial charge in [-0.1, -0.05) is 30.3 Å². The number of nitrogens with one attached hydrogen (secondary N) is 1. The van der Waals surface area contributed by atoms with E-state index in [2.05, 4.69) is 62.3 Å². The number of aromatic nitrogens is 2. The first-order valence-corrected chi connectivity index (χ1v) is 9.37. The maximum Gasteiger partial charge on any atom is 0.224 e. The van der Waals surface area contributed by atoms with Crippen molar-refractivity contribution in [1.82, 2.24) is 20.2 Å². The number of benzene rings is 1. The minimum Gasteiger partial charge on any atom is -0.353 e. The van der Waals surface area contributed by atoms with Crippen LogP contribution in [-0.4, -0.2) is 47.1 Å². The monoisotopic (exact) mass is 357 g/mol. The van der Waals surface area contributed by atoms with E-state index in [1.54, 1.807) is 0 Å². The Balaban J connectivity index is 1.56. The molecular formula is C19H24ClN5. The van der Waals surface area contributed by atoms with Crippen molar-refractivity contribution in [1.29, 1.82) is 0 Å². The lowest BCUT2D eigenvalue weighted by Crippen LogP contribution is -2.50. The van der Waals surface area contributed by atoms with Crippen molar-refractivity contribution in [3.8, 4) is 0 Å². The lowest BCUT2D eigenvalue weighted by molar-refractivity contribution is 0.241. The van der Waals surface area contributed by atoms with E-state index < -0.39 is 0 Å². The fourth-order valence-corrected chi connectivity index (χ4v) is 3.98. The van der Waals surface area contributed by atoms with Crippen LogP contribution >= 0.6 is 11.6 Å². The maximum atomic E-state index is 6.26. The molecule has 6 heteroatoms. The quantitative estimate of drug-likeness (QED) is 0.855. The first kappa shape index (κ1) is 16.8. The van der Waals surface area contributed by atoms with Crippen LogP contribution in [0.5, 0.6) is 0 Å². The Labute approximate surface area is 154 Å². The van der Waals surface area contributed by atoms with Crippen LogP contribution in [0.1, 0.15) is 23.7 Å². The smallest absolute Gasteiger partial charge is 0.224 e. The Kier molecular flexibility index (Phi) is 4.88. The Bertz CT molecular complexity index is 736. The second kappa shape index (κ2) is 7.28. The third-order valence-electron chi connectivity index (χ3n) is 5.01. The summed E-state index contributed by atoms with van der Waals surface area (Å²) in [5, 5.41) is 3.85. The lowest BCUT2D eigenvalue weighted by atomic mass is 10.0. The molecule has 5 nitrogen and oxygen atoms in total. The highest BCUT2D eigenvalue weighted by molar-refractivity contribution is 6.28. The lowest BCUT2D eigenvalue weighted by Gasteiger charge is -2.36. The van der Waals surface area contributed by atoms with Gasteiger partial charge >= 0.3 is 0 Å². The van der Waals surface area contributed by atoms with E-state index in [1.807, 2.05) is 0 Å². The van der Waals surface area contributed by atoms with E-state index in [0.29, 0.717) is 11.3 Å². The van der Waals surface area contributed by atoms with Crippen LogP contribution in [0.3, 0.4) is 0 Å². The predicted molar refractivity (Wildman–Crippen MR) is 101 cm³/mol. The molecule has 1 aromatic carbocycles. The molecule has 132 valence electrons. The average molecular weight is 358 g/mol. The molecule has 4 rings (SSSR count). The SMILES string of the molecule is CC1CN(c2nc(Cl)nc3c2CCN(Cc2ccccc2)C3)CCN1. The Hall–Kier alpha value is -1.69. The van der Waals surface area contributed by atoms with Crippen molar-refractivity contribution in [2.45, 2.75) is 32.5 Å². The van der Waals surface area contributed by atoms with Crippen LogP contribution in [0.4, 0.5) is 5.82 Å². The number of halogens is 1. The van der Waals surface area contributed by atoms with Gasteiger partial charge in [-0.05, 0) is 30.5 Å². The van der Waals surface area contributed by atoms with Gasteiger partial charge in [-0.2, -0.15) is 0 Å². The van der Waals surface area contributed by atoms with Crippen molar-refractivity contribution < 1.29 is 0 Å². The zero-order valence-electron chi connectivity index (χ0n) is 14.6. The number of fused-ring (bicyclic) bond motifs is 1. The molecule has 0 aliphatic carbocycles. The van der Waals surface area contributed by atoms with Gasteiger partial charge in [0.2, 0.25) is 5.28 Å². The van der Waals surface area contributed by atoms with E-state index in [-0.39, 0.29) is 0 Å². The molecule has 0 saturated carbocycles. The molecule has 1 N–H and O–H groups in total. The number of hydrogen-bond donors (Lipinski definition) is 1. The molecule has 0 amide bonds. The molecule has 1 atom stereocenters. The van der Waals surface area contributed by atoms with Crippen LogP contribution in [-0.2, 0) is 19.5 Å². The Morgan fingerprint density at radius 1 is 1.20 bits per heavy atom. The molecule has 1 fully saturated rings. The first-order chi connectivity index (χ1) is 12.2. The summed E-state index contributed by atoms with van der Waals surface area (Å²) in [5.41, 5.74) is 3.70. The minimum absolute atomic E-state index is 0.362. The summed E-state index contributed by atoms with van der Waals surface area (Å²) in [6.07, 6.45) is 0.979. The van der Waals surface area contributed by atoms with Crippen molar-refractivity contribution in [2.24, 2.45) is 0 Å². The molecule has 2 aliphatic rings. The van der Waals surface area contributed by atoms with Crippen LogP contribution in [0, 0.1) is 0 Å². The number of rotatable bonds is 3. The summed E-state index contributed by atoms with van der Waals surface area (Å²) in [4.78, 5) is 13.9. The van der Waals surface area contributed by atoms with Crippen LogP contribution in [0.15, 0.2) is 30.3 Å². The minimum atomic E-state index is 0.362. The highest BCUT2D eigenvalue weighted by atomic mass is 35.5. The molecule has 2 aromatic rings.